The topological polar surface area (TPSA) is 257 Å². The predicted octanol–water partition coefficient (Wildman–Crippen LogP) is -3.32. The fourth-order valence-corrected chi connectivity index (χ4v) is 5.36. The van der Waals surface area contributed by atoms with E-state index in [2.05, 4.69) is 0 Å². The molecule has 3 saturated heterocycles. The van der Waals surface area contributed by atoms with Crippen LogP contribution >= 0.6 is 0 Å². The van der Waals surface area contributed by atoms with Gasteiger partial charge in [-0.25, -0.2) is 4.79 Å². The van der Waals surface area contributed by atoms with Gasteiger partial charge in [0.1, 0.15) is 60.5 Å². The molecule has 4 heterocycles. The number of hydrogen-bond acceptors (Lipinski definition) is 17. The van der Waals surface area contributed by atoms with E-state index in [0.717, 1.165) is 0 Å². The Bertz CT molecular complexity index is 1350. The highest BCUT2D eigenvalue weighted by molar-refractivity contribution is 5.80. The van der Waals surface area contributed by atoms with E-state index in [1.807, 2.05) is 0 Å². The minimum atomic E-state index is -1.82. The number of rotatable bonds is 8. The van der Waals surface area contributed by atoms with E-state index in [-0.39, 0.29) is 17.1 Å². The van der Waals surface area contributed by atoms with Crippen LogP contribution in [0.4, 0.5) is 0 Å². The maximum absolute atomic E-state index is 11.8. The third kappa shape index (κ3) is 6.82. The van der Waals surface area contributed by atoms with Gasteiger partial charge in [0.25, 0.3) is 0 Å². The van der Waals surface area contributed by atoms with Gasteiger partial charge in [-0.15, -0.1) is 0 Å². The van der Waals surface area contributed by atoms with Crippen molar-refractivity contribution in [2.24, 2.45) is 0 Å². The number of aliphatic hydroxyl groups is 8. The van der Waals surface area contributed by atoms with E-state index in [9.17, 15) is 45.6 Å². The molecule has 0 saturated carbocycles. The van der Waals surface area contributed by atoms with Crippen molar-refractivity contribution in [3.63, 3.8) is 0 Å². The SMILES string of the molecule is COc1cc2ccc(=O)oc2cc1O[C@@H]1O[C@H](CO[C@H]2O[C@@H](C)[C@H](O)[C@@H](O)[C@H]2O)[C@@H](O)[C@H](O)[C@H]1O[C@H]1O[C@@H](C)[C@H](O)[C@@H](O)[C@H]1O. The number of aliphatic hydroxyl groups excluding tert-OH is 8. The number of hydrogen-bond donors (Lipinski definition) is 8. The highest BCUT2D eigenvalue weighted by Crippen LogP contribution is 2.36. The Morgan fingerprint density at radius 3 is 1.96 bits per heavy atom. The van der Waals surface area contributed by atoms with Crippen LogP contribution in [0, 0.1) is 0 Å². The van der Waals surface area contributed by atoms with Crippen LogP contribution in [0.5, 0.6) is 11.5 Å². The van der Waals surface area contributed by atoms with Crippen LogP contribution in [0.3, 0.4) is 0 Å². The first kappa shape index (κ1) is 33.9. The normalized spacial score (nSPS) is 42.4. The lowest BCUT2D eigenvalue weighted by Gasteiger charge is -2.46. The Kier molecular flexibility index (Phi) is 10.3. The van der Waals surface area contributed by atoms with Crippen molar-refractivity contribution in [2.75, 3.05) is 13.7 Å². The molecule has 17 heteroatoms. The molecule has 0 radical (unpaired) electrons. The summed E-state index contributed by atoms with van der Waals surface area (Å²) in [5.74, 6) is 0.0978. The fraction of sp³-hybridized carbons (Fsp3) is 0.679. The van der Waals surface area contributed by atoms with Crippen LogP contribution in [0.1, 0.15) is 13.8 Å². The van der Waals surface area contributed by atoms with Crippen molar-refractivity contribution in [2.45, 2.75) is 106 Å². The van der Waals surface area contributed by atoms with Crippen LogP contribution in [0.25, 0.3) is 11.0 Å². The third-order valence-electron chi connectivity index (χ3n) is 8.13. The fourth-order valence-electron chi connectivity index (χ4n) is 5.36. The Morgan fingerprint density at radius 2 is 1.31 bits per heavy atom. The van der Waals surface area contributed by atoms with Gasteiger partial charge in [0, 0.05) is 17.5 Å². The lowest BCUT2D eigenvalue weighted by atomic mass is 9.97. The van der Waals surface area contributed by atoms with Crippen LogP contribution in [0.15, 0.2) is 33.5 Å². The van der Waals surface area contributed by atoms with Gasteiger partial charge in [-0.2, -0.15) is 0 Å². The van der Waals surface area contributed by atoms with E-state index in [1.54, 1.807) is 0 Å². The molecular formula is C28H38O17. The number of benzene rings is 1. The molecule has 3 aliphatic rings. The second kappa shape index (κ2) is 13.7. The average Bonchev–Trinajstić information content (AvgIpc) is 3.02. The van der Waals surface area contributed by atoms with Crippen LogP contribution in [-0.4, -0.2) is 147 Å². The number of fused-ring (bicyclic) bond motifs is 1. The Hall–Kier alpha value is -2.49. The quantitative estimate of drug-likeness (QED) is 0.131. The van der Waals surface area contributed by atoms with Gasteiger partial charge >= 0.3 is 5.63 Å². The molecule has 1 aromatic heterocycles. The van der Waals surface area contributed by atoms with Crippen molar-refractivity contribution in [1.29, 1.82) is 0 Å². The summed E-state index contributed by atoms with van der Waals surface area (Å²) in [4.78, 5) is 11.8. The molecule has 1 aromatic carbocycles. The summed E-state index contributed by atoms with van der Waals surface area (Å²) in [5.41, 5.74) is -0.524. The first-order chi connectivity index (χ1) is 21.3. The van der Waals surface area contributed by atoms with E-state index in [4.69, 9.17) is 37.6 Å². The first-order valence-corrected chi connectivity index (χ1v) is 14.3. The maximum atomic E-state index is 11.8. The maximum Gasteiger partial charge on any atom is 0.336 e. The van der Waals surface area contributed by atoms with E-state index in [1.165, 1.54) is 45.2 Å². The minimum Gasteiger partial charge on any atom is -0.493 e. The van der Waals surface area contributed by atoms with Crippen molar-refractivity contribution in [1.82, 2.24) is 0 Å². The van der Waals surface area contributed by atoms with Gasteiger partial charge in [0.05, 0.1) is 25.9 Å². The van der Waals surface area contributed by atoms with Crippen LogP contribution in [-0.2, 0) is 23.7 Å². The molecular weight excluding hydrogens is 608 g/mol. The molecule has 45 heavy (non-hydrogen) atoms. The predicted molar refractivity (Wildman–Crippen MR) is 146 cm³/mol. The molecule has 0 unspecified atom stereocenters. The number of methoxy groups -OCH3 is 1. The van der Waals surface area contributed by atoms with Gasteiger partial charge < -0.3 is 78.4 Å². The molecule has 15 atom stereocenters. The molecule has 0 amide bonds. The zero-order chi connectivity index (χ0) is 32.7. The first-order valence-electron chi connectivity index (χ1n) is 14.3. The van der Waals surface area contributed by atoms with Gasteiger partial charge in [-0.3, -0.25) is 0 Å². The van der Waals surface area contributed by atoms with E-state index >= 15 is 0 Å². The summed E-state index contributed by atoms with van der Waals surface area (Å²) in [6.07, 6.45) is -22.7. The summed E-state index contributed by atoms with van der Waals surface area (Å²) in [6, 6.07) is 5.56. The monoisotopic (exact) mass is 646 g/mol. The summed E-state index contributed by atoms with van der Waals surface area (Å²) >= 11 is 0. The van der Waals surface area contributed by atoms with Crippen molar-refractivity contribution >= 4 is 11.0 Å². The lowest BCUT2D eigenvalue weighted by molar-refractivity contribution is -0.360. The summed E-state index contributed by atoms with van der Waals surface area (Å²) < 4.78 is 44.9. The second-order valence-electron chi connectivity index (χ2n) is 11.2. The molecule has 5 rings (SSSR count). The zero-order valence-corrected chi connectivity index (χ0v) is 24.4. The van der Waals surface area contributed by atoms with Crippen LogP contribution < -0.4 is 15.1 Å². The highest BCUT2D eigenvalue weighted by Gasteiger charge is 2.52. The van der Waals surface area contributed by atoms with Gasteiger partial charge in [-0.05, 0) is 26.0 Å². The van der Waals surface area contributed by atoms with Gasteiger partial charge in [0.2, 0.25) is 6.29 Å². The molecule has 3 aliphatic heterocycles. The Balaban J connectivity index is 1.42. The van der Waals surface area contributed by atoms with Gasteiger partial charge in [0.15, 0.2) is 30.2 Å². The largest absolute Gasteiger partial charge is 0.493 e. The zero-order valence-electron chi connectivity index (χ0n) is 24.4. The molecule has 252 valence electrons. The summed E-state index contributed by atoms with van der Waals surface area (Å²) in [6.45, 7) is 2.35. The molecule has 8 N–H and O–H groups in total. The highest BCUT2D eigenvalue weighted by atomic mass is 16.8. The lowest BCUT2D eigenvalue weighted by Crippen LogP contribution is -2.65. The summed E-state index contributed by atoms with van der Waals surface area (Å²) in [7, 11) is 1.35. The van der Waals surface area contributed by atoms with Crippen molar-refractivity contribution < 1.29 is 78.4 Å². The van der Waals surface area contributed by atoms with Gasteiger partial charge in [-0.1, -0.05) is 0 Å². The van der Waals surface area contributed by atoms with Crippen molar-refractivity contribution in [3.05, 3.63) is 34.7 Å². The standard InChI is InChI=1S/C28H38O17/c1-9-17(30)20(33)23(36)26(40-9)39-8-15-19(32)22(35)25(45-27-24(37)21(34)18(31)10(2)41-27)28(44-15)43-14-7-12-11(6-13(14)38-3)4-5-16(29)42-12/h4-7,9-10,15,17-28,30-37H,8H2,1-3H3/t9-,10-,15+,17-,18-,19+,20+,21+,22-,23+,24+,25+,26-,27+,28+/m0/s1. The van der Waals surface area contributed by atoms with Crippen LogP contribution in [0.2, 0.25) is 0 Å². The average molecular weight is 647 g/mol. The summed E-state index contributed by atoms with van der Waals surface area (Å²) in [5, 5.41) is 83.9. The third-order valence-corrected chi connectivity index (χ3v) is 8.13. The van der Waals surface area contributed by atoms with E-state index < -0.39 is 104 Å². The second-order valence-corrected chi connectivity index (χ2v) is 11.2. The Labute approximate surface area is 255 Å². The smallest absolute Gasteiger partial charge is 0.336 e. The molecule has 0 aliphatic carbocycles. The molecule has 0 spiro atoms. The minimum absolute atomic E-state index is 0.0490. The Morgan fingerprint density at radius 1 is 0.689 bits per heavy atom. The molecule has 17 nitrogen and oxygen atoms in total. The molecule has 3 fully saturated rings. The number of ether oxygens (including phenoxy) is 7. The molecule has 0 bridgehead atoms. The van der Waals surface area contributed by atoms with Crippen molar-refractivity contribution in [3.8, 4) is 11.5 Å². The molecule has 2 aromatic rings. The van der Waals surface area contributed by atoms with E-state index in [0.29, 0.717) is 5.39 Å².